The van der Waals surface area contributed by atoms with Crippen LogP contribution >= 0.6 is 0 Å². The monoisotopic (exact) mass is 364 g/mol. The number of nitrogens with zero attached hydrogens (tertiary/aromatic N) is 6. The first-order valence-electron chi connectivity index (χ1n) is 9.54. The highest BCUT2D eigenvalue weighted by Crippen LogP contribution is 2.30. The Hall–Kier alpha value is -2.60. The number of benzene rings is 1. The fourth-order valence-electron chi connectivity index (χ4n) is 3.17. The van der Waals surface area contributed by atoms with E-state index in [4.69, 9.17) is 0 Å². The summed E-state index contributed by atoms with van der Waals surface area (Å²) in [5.74, 6) is 0.832. The molecule has 142 valence electrons. The van der Waals surface area contributed by atoms with Gasteiger partial charge in [-0.05, 0) is 54.9 Å². The molecule has 0 unspecified atom stereocenters. The molecule has 0 spiro atoms. The maximum Gasteiger partial charge on any atom is 0.175 e. The third kappa shape index (κ3) is 4.22. The molecule has 6 heteroatoms. The van der Waals surface area contributed by atoms with Gasteiger partial charge in [0.2, 0.25) is 0 Å². The van der Waals surface area contributed by atoms with Crippen molar-refractivity contribution >= 4 is 0 Å². The van der Waals surface area contributed by atoms with Crippen LogP contribution in [0.15, 0.2) is 54.7 Å². The summed E-state index contributed by atoms with van der Waals surface area (Å²) >= 11 is 0. The number of aromatic nitrogens is 5. The average molecular weight is 364 g/mol. The van der Waals surface area contributed by atoms with Gasteiger partial charge in [-0.2, -0.15) is 0 Å². The summed E-state index contributed by atoms with van der Waals surface area (Å²) in [6.07, 6.45) is 2.77. The summed E-state index contributed by atoms with van der Waals surface area (Å²) in [6.45, 7) is 10.3. The van der Waals surface area contributed by atoms with Crippen molar-refractivity contribution in [3.05, 3.63) is 71.8 Å². The van der Waals surface area contributed by atoms with E-state index >= 15 is 0 Å². The highest BCUT2D eigenvalue weighted by Gasteiger charge is 2.32. The summed E-state index contributed by atoms with van der Waals surface area (Å²) in [6, 6.07) is 16.4. The quantitative estimate of drug-likeness (QED) is 0.608. The summed E-state index contributed by atoms with van der Waals surface area (Å²) < 4.78 is 1.96. The van der Waals surface area contributed by atoms with E-state index in [1.165, 1.54) is 5.56 Å². The normalized spacial score (nSPS) is 13.1. The lowest BCUT2D eigenvalue weighted by Crippen LogP contribution is -2.36. The van der Waals surface area contributed by atoms with Crippen molar-refractivity contribution in [1.29, 1.82) is 0 Å². The molecule has 3 rings (SSSR count). The molecule has 2 aromatic heterocycles. The molecule has 2 heterocycles. The van der Waals surface area contributed by atoms with Crippen LogP contribution in [-0.4, -0.2) is 36.6 Å². The molecule has 0 bridgehead atoms. The van der Waals surface area contributed by atoms with Crippen molar-refractivity contribution in [2.75, 3.05) is 6.54 Å². The number of tetrazole rings is 1. The predicted octanol–water partition coefficient (Wildman–Crippen LogP) is 3.82. The minimum atomic E-state index is -0.169. The highest BCUT2D eigenvalue weighted by molar-refractivity contribution is 5.20. The smallest absolute Gasteiger partial charge is 0.175 e. The first-order chi connectivity index (χ1) is 13.1. The second-order valence-electron chi connectivity index (χ2n) is 7.32. The van der Waals surface area contributed by atoms with Gasteiger partial charge in [0.25, 0.3) is 0 Å². The lowest BCUT2D eigenvalue weighted by molar-refractivity contribution is 0.194. The molecule has 0 radical (unpaired) electrons. The SMILES string of the molecule is CCN(Cc1ccccc1)[C@@H](c1ccccn1)c1nnnn1C(C)(C)CC. The van der Waals surface area contributed by atoms with Crippen LogP contribution in [0.1, 0.15) is 57.2 Å². The van der Waals surface area contributed by atoms with Gasteiger partial charge in [0.15, 0.2) is 5.82 Å². The van der Waals surface area contributed by atoms with E-state index in [9.17, 15) is 0 Å². The van der Waals surface area contributed by atoms with Crippen molar-refractivity contribution in [2.45, 2.75) is 52.2 Å². The molecule has 1 aromatic carbocycles. The van der Waals surface area contributed by atoms with Gasteiger partial charge in [-0.25, -0.2) is 4.68 Å². The van der Waals surface area contributed by atoms with Crippen molar-refractivity contribution < 1.29 is 0 Å². The Balaban J connectivity index is 2.06. The molecule has 0 amide bonds. The van der Waals surface area contributed by atoms with Gasteiger partial charge < -0.3 is 0 Å². The molecule has 0 N–H and O–H groups in total. The van der Waals surface area contributed by atoms with Crippen LogP contribution in [0.25, 0.3) is 0 Å². The third-order valence-corrected chi connectivity index (χ3v) is 5.14. The maximum atomic E-state index is 4.64. The van der Waals surface area contributed by atoms with Gasteiger partial charge in [-0.1, -0.05) is 50.2 Å². The van der Waals surface area contributed by atoms with Gasteiger partial charge >= 0.3 is 0 Å². The first kappa shape index (κ1) is 19.2. The van der Waals surface area contributed by atoms with Gasteiger partial charge in [-0.3, -0.25) is 9.88 Å². The third-order valence-electron chi connectivity index (χ3n) is 5.14. The van der Waals surface area contributed by atoms with Crippen LogP contribution in [0, 0.1) is 0 Å². The van der Waals surface area contributed by atoms with E-state index < -0.39 is 0 Å². The van der Waals surface area contributed by atoms with Crippen LogP contribution in [0.5, 0.6) is 0 Å². The molecular weight excluding hydrogens is 336 g/mol. The maximum absolute atomic E-state index is 4.64. The minimum Gasteiger partial charge on any atom is -0.284 e. The van der Waals surface area contributed by atoms with Crippen LogP contribution in [0.2, 0.25) is 0 Å². The molecule has 0 aliphatic rings. The Morgan fingerprint density at radius 3 is 2.41 bits per heavy atom. The van der Waals surface area contributed by atoms with E-state index in [0.29, 0.717) is 0 Å². The number of hydrogen-bond acceptors (Lipinski definition) is 5. The second-order valence-corrected chi connectivity index (χ2v) is 7.32. The first-order valence-corrected chi connectivity index (χ1v) is 9.54. The number of hydrogen-bond donors (Lipinski definition) is 0. The van der Waals surface area contributed by atoms with E-state index in [2.05, 4.69) is 83.4 Å². The standard InChI is InChI=1S/C21H28N6/c1-5-21(3,4)27-20(23-24-25-27)19(18-14-10-11-15-22-18)26(6-2)16-17-12-8-7-9-13-17/h7-15,19H,5-6,16H2,1-4H3/t19-/m0/s1. The van der Waals surface area contributed by atoms with Crippen LogP contribution in [0.4, 0.5) is 0 Å². The van der Waals surface area contributed by atoms with E-state index in [1.807, 2.05) is 29.1 Å². The summed E-state index contributed by atoms with van der Waals surface area (Å²) in [7, 11) is 0. The Labute approximate surface area is 161 Å². The lowest BCUT2D eigenvalue weighted by atomic mass is 10.0. The van der Waals surface area contributed by atoms with Gasteiger partial charge in [-0.15, -0.1) is 5.10 Å². The average Bonchev–Trinajstić information content (AvgIpc) is 3.19. The predicted molar refractivity (Wildman–Crippen MR) is 106 cm³/mol. The molecule has 6 nitrogen and oxygen atoms in total. The fourth-order valence-corrected chi connectivity index (χ4v) is 3.17. The van der Waals surface area contributed by atoms with Crippen molar-refractivity contribution in [1.82, 2.24) is 30.1 Å². The van der Waals surface area contributed by atoms with Gasteiger partial charge in [0.05, 0.1) is 11.2 Å². The molecule has 0 aliphatic carbocycles. The number of rotatable bonds is 8. The van der Waals surface area contributed by atoms with Gasteiger partial charge in [0.1, 0.15) is 6.04 Å². The molecule has 0 fully saturated rings. The Kier molecular flexibility index (Phi) is 5.96. The van der Waals surface area contributed by atoms with Crippen molar-refractivity contribution in [3.8, 4) is 0 Å². The van der Waals surface area contributed by atoms with E-state index in [1.54, 1.807) is 0 Å². The zero-order chi connectivity index (χ0) is 19.3. The molecule has 1 atom stereocenters. The summed E-state index contributed by atoms with van der Waals surface area (Å²) in [5.41, 5.74) is 2.05. The molecule has 0 aliphatic heterocycles. The zero-order valence-corrected chi connectivity index (χ0v) is 16.6. The van der Waals surface area contributed by atoms with Crippen LogP contribution in [0.3, 0.4) is 0 Å². The molecule has 27 heavy (non-hydrogen) atoms. The molecular formula is C21H28N6. The second kappa shape index (κ2) is 8.39. The molecule has 0 saturated carbocycles. The van der Waals surface area contributed by atoms with E-state index in [0.717, 1.165) is 31.0 Å². The van der Waals surface area contributed by atoms with Crippen molar-refractivity contribution in [3.63, 3.8) is 0 Å². The highest BCUT2D eigenvalue weighted by atomic mass is 15.6. The van der Waals surface area contributed by atoms with E-state index in [-0.39, 0.29) is 11.6 Å². The van der Waals surface area contributed by atoms with Crippen LogP contribution in [-0.2, 0) is 12.1 Å². The topological polar surface area (TPSA) is 59.7 Å². The van der Waals surface area contributed by atoms with Gasteiger partial charge in [0, 0.05) is 12.7 Å². The minimum absolute atomic E-state index is 0.114. The largest absolute Gasteiger partial charge is 0.284 e. The fraction of sp³-hybridized carbons (Fsp3) is 0.429. The lowest BCUT2D eigenvalue weighted by Gasteiger charge is -2.32. The molecule has 0 saturated heterocycles. The number of pyridine rings is 1. The zero-order valence-electron chi connectivity index (χ0n) is 16.6. The van der Waals surface area contributed by atoms with Crippen LogP contribution < -0.4 is 0 Å². The molecule has 3 aromatic rings. The summed E-state index contributed by atoms with van der Waals surface area (Å²) in [5, 5.41) is 12.8. The Morgan fingerprint density at radius 1 is 1.04 bits per heavy atom. The Morgan fingerprint density at radius 2 is 1.78 bits per heavy atom. The Bertz CT molecular complexity index is 828. The van der Waals surface area contributed by atoms with Crippen molar-refractivity contribution in [2.24, 2.45) is 0 Å². The summed E-state index contributed by atoms with van der Waals surface area (Å²) in [4.78, 5) is 7.01.